The fraction of sp³-hybridized carbons (Fsp3) is 0.312. The van der Waals surface area contributed by atoms with Gasteiger partial charge >= 0.3 is 6.03 Å². The number of imide groups is 1. The zero-order chi connectivity index (χ0) is 17.5. The van der Waals surface area contributed by atoms with Crippen LogP contribution in [-0.2, 0) is 4.79 Å². The Morgan fingerprint density at radius 3 is 2.67 bits per heavy atom. The van der Waals surface area contributed by atoms with Crippen molar-refractivity contribution in [1.29, 1.82) is 0 Å². The number of methoxy groups -OCH3 is 1. The first-order chi connectivity index (χ1) is 11.5. The van der Waals surface area contributed by atoms with Crippen molar-refractivity contribution in [1.82, 2.24) is 10.2 Å². The molecule has 2 rings (SSSR count). The smallest absolute Gasteiger partial charge is 0.328 e. The molecule has 1 heterocycles. The molecule has 1 fully saturated rings. The summed E-state index contributed by atoms with van der Waals surface area (Å²) >= 11 is 0. The van der Waals surface area contributed by atoms with Crippen molar-refractivity contribution in [2.45, 2.75) is 18.9 Å². The zero-order valence-electron chi connectivity index (χ0n) is 13.4. The molecule has 8 nitrogen and oxygen atoms in total. The Labute approximate surface area is 140 Å². The number of hydrogen-bond donors (Lipinski definition) is 3. The lowest BCUT2D eigenvalue weighted by molar-refractivity contribution is -0.125. The molecule has 1 atom stereocenters. The Kier molecular flexibility index (Phi) is 5.78. The van der Waals surface area contributed by atoms with Crippen molar-refractivity contribution in [3.05, 3.63) is 36.0 Å². The second kappa shape index (κ2) is 8.00. The number of guanidine groups is 1. The van der Waals surface area contributed by atoms with Gasteiger partial charge in [0.1, 0.15) is 11.8 Å². The van der Waals surface area contributed by atoms with Gasteiger partial charge in [-0.05, 0) is 36.6 Å². The summed E-state index contributed by atoms with van der Waals surface area (Å²) in [5.41, 5.74) is 11.3. The monoisotopic (exact) mass is 331 g/mol. The van der Waals surface area contributed by atoms with Crippen molar-refractivity contribution in [2.75, 3.05) is 13.7 Å². The van der Waals surface area contributed by atoms with Gasteiger partial charge in [-0.25, -0.2) is 9.69 Å². The molecule has 128 valence electrons. The molecule has 3 amide bonds. The predicted octanol–water partition coefficient (Wildman–Crippen LogP) is 0.640. The van der Waals surface area contributed by atoms with Gasteiger partial charge in [-0.15, -0.1) is 0 Å². The molecule has 24 heavy (non-hydrogen) atoms. The Hall–Kier alpha value is -3.03. The van der Waals surface area contributed by atoms with Crippen molar-refractivity contribution in [2.24, 2.45) is 16.5 Å². The van der Waals surface area contributed by atoms with E-state index in [9.17, 15) is 9.59 Å². The van der Waals surface area contributed by atoms with E-state index < -0.39 is 12.1 Å². The van der Waals surface area contributed by atoms with E-state index in [1.54, 1.807) is 25.3 Å². The molecule has 8 heteroatoms. The third kappa shape index (κ3) is 4.48. The Bertz CT molecular complexity index is 650. The van der Waals surface area contributed by atoms with Gasteiger partial charge in [0.2, 0.25) is 0 Å². The molecule has 1 aliphatic heterocycles. The maximum atomic E-state index is 12.3. The number of hydrogen-bond acceptors (Lipinski definition) is 4. The molecule has 0 radical (unpaired) electrons. The van der Waals surface area contributed by atoms with Crippen LogP contribution in [-0.4, -0.2) is 42.5 Å². The van der Waals surface area contributed by atoms with Crippen LogP contribution in [0.15, 0.2) is 35.5 Å². The highest BCUT2D eigenvalue weighted by atomic mass is 16.5. The van der Waals surface area contributed by atoms with Crippen LogP contribution in [0, 0.1) is 0 Å². The van der Waals surface area contributed by atoms with E-state index in [1.165, 1.54) is 6.20 Å². The van der Waals surface area contributed by atoms with Gasteiger partial charge in [-0.3, -0.25) is 9.79 Å². The third-order valence-corrected chi connectivity index (χ3v) is 3.53. The number of nitrogens with one attached hydrogen (secondary N) is 1. The summed E-state index contributed by atoms with van der Waals surface area (Å²) in [6.07, 6.45) is 4.24. The summed E-state index contributed by atoms with van der Waals surface area (Å²) in [7, 11) is 1.59. The van der Waals surface area contributed by atoms with Crippen LogP contribution in [0.4, 0.5) is 4.79 Å². The fourth-order valence-corrected chi connectivity index (χ4v) is 2.26. The van der Waals surface area contributed by atoms with E-state index in [-0.39, 0.29) is 11.9 Å². The molecule has 0 spiro atoms. The van der Waals surface area contributed by atoms with E-state index in [1.807, 2.05) is 12.1 Å². The SMILES string of the molecule is COc1ccc(/C=C/N2C(=O)N[C@@H](CCCN=C(N)N)C2=O)cc1. The topological polar surface area (TPSA) is 123 Å². The molecule has 0 unspecified atom stereocenters. The lowest BCUT2D eigenvalue weighted by Crippen LogP contribution is -2.29. The second-order valence-corrected chi connectivity index (χ2v) is 5.25. The van der Waals surface area contributed by atoms with Gasteiger partial charge in [0.15, 0.2) is 5.96 Å². The standard InChI is InChI=1S/C16H21N5O3/c1-24-12-6-4-11(5-7-12)8-10-21-14(22)13(20-16(21)23)3-2-9-19-15(17)18/h4-8,10,13H,2-3,9H2,1H3,(H,20,23)(H4,17,18,19)/b10-8+/t13-/m0/s1. The molecular formula is C16H21N5O3. The highest BCUT2D eigenvalue weighted by molar-refractivity contribution is 6.05. The van der Waals surface area contributed by atoms with Crippen LogP contribution in [0.1, 0.15) is 18.4 Å². The van der Waals surface area contributed by atoms with Crippen molar-refractivity contribution in [3.8, 4) is 5.75 Å². The number of ether oxygens (including phenoxy) is 1. The van der Waals surface area contributed by atoms with Gasteiger partial charge < -0.3 is 21.5 Å². The van der Waals surface area contributed by atoms with Gasteiger partial charge in [0.05, 0.1) is 7.11 Å². The van der Waals surface area contributed by atoms with Gasteiger partial charge in [-0.2, -0.15) is 0 Å². The summed E-state index contributed by atoms with van der Waals surface area (Å²) in [5.74, 6) is 0.471. The van der Waals surface area contributed by atoms with Gasteiger partial charge in [0.25, 0.3) is 5.91 Å². The van der Waals surface area contributed by atoms with Gasteiger partial charge in [0, 0.05) is 12.7 Å². The lowest BCUT2D eigenvalue weighted by Gasteiger charge is -2.07. The van der Waals surface area contributed by atoms with E-state index in [4.69, 9.17) is 16.2 Å². The quantitative estimate of drug-likeness (QED) is 0.293. The number of aliphatic imine (C=N–C) groups is 1. The predicted molar refractivity (Wildman–Crippen MR) is 91.1 cm³/mol. The van der Waals surface area contributed by atoms with Crippen LogP contribution in [0.2, 0.25) is 0 Å². The highest BCUT2D eigenvalue weighted by Gasteiger charge is 2.36. The Morgan fingerprint density at radius 1 is 1.33 bits per heavy atom. The number of nitrogens with zero attached hydrogens (tertiary/aromatic N) is 2. The molecule has 5 N–H and O–H groups in total. The molecule has 1 aromatic carbocycles. The molecule has 1 aromatic rings. The number of rotatable bonds is 7. The molecule has 0 aromatic heterocycles. The third-order valence-electron chi connectivity index (χ3n) is 3.53. The average molecular weight is 331 g/mol. The summed E-state index contributed by atoms with van der Waals surface area (Å²) < 4.78 is 5.08. The Balaban J connectivity index is 1.93. The van der Waals surface area contributed by atoms with Crippen LogP contribution in [0.5, 0.6) is 5.75 Å². The first kappa shape index (κ1) is 17.3. The maximum Gasteiger partial charge on any atom is 0.328 e. The number of carbonyl (C=O) groups excluding carboxylic acids is 2. The number of amides is 3. The molecule has 1 saturated heterocycles. The summed E-state index contributed by atoms with van der Waals surface area (Å²) in [6, 6.07) is 6.29. The molecule has 0 bridgehead atoms. The minimum Gasteiger partial charge on any atom is -0.497 e. The first-order valence-corrected chi connectivity index (χ1v) is 7.52. The number of nitrogens with two attached hydrogens (primary N) is 2. The largest absolute Gasteiger partial charge is 0.497 e. The van der Waals surface area contributed by atoms with Gasteiger partial charge in [-0.1, -0.05) is 12.1 Å². The minimum atomic E-state index is -0.549. The second-order valence-electron chi connectivity index (χ2n) is 5.25. The van der Waals surface area contributed by atoms with E-state index in [0.717, 1.165) is 16.2 Å². The first-order valence-electron chi connectivity index (χ1n) is 7.52. The number of urea groups is 1. The molecule has 0 saturated carbocycles. The van der Waals surface area contributed by atoms with Crippen molar-refractivity contribution >= 4 is 24.0 Å². The average Bonchev–Trinajstić information content (AvgIpc) is 2.84. The highest BCUT2D eigenvalue weighted by Crippen LogP contribution is 2.15. The van der Waals surface area contributed by atoms with Crippen molar-refractivity contribution < 1.29 is 14.3 Å². The molecular weight excluding hydrogens is 310 g/mol. The zero-order valence-corrected chi connectivity index (χ0v) is 13.4. The summed E-state index contributed by atoms with van der Waals surface area (Å²) in [4.78, 5) is 29.1. The van der Waals surface area contributed by atoms with Crippen LogP contribution in [0.3, 0.4) is 0 Å². The summed E-state index contributed by atoms with van der Waals surface area (Å²) in [6.45, 7) is 0.420. The van der Waals surface area contributed by atoms with E-state index >= 15 is 0 Å². The maximum absolute atomic E-state index is 12.3. The molecule has 0 aliphatic carbocycles. The number of benzene rings is 1. The molecule has 1 aliphatic rings. The van der Waals surface area contributed by atoms with E-state index in [2.05, 4.69) is 10.3 Å². The number of carbonyl (C=O) groups is 2. The van der Waals surface area contributed by atoms with Crippen molar-refractivity contribution in [3.63, 3.8) is 0 Å². The van der Waals surface area contributed by atoms with Crippen LogP contribution in [0.25, 0.3) is 6.08 Å². The minimum absolute atomic E-state index is 0.0147. The summed E-state index contributed by atoms with van der Waals surface area (Å²) in [5, 5.41) is 2.65. The Morgan fingerprint density at radius 2 is 2.04 bits per heavy atom. The van der Waals surface area contributed by atoms with E-state index in [0.29, 0.717) is 19.4 Å². The van der Waals surface area contributed by atoms with Crippen LogP contribution < -0.4 is 21.5 Å². The van der Waals surface area contributed by atoms with Crippen LogP contribution >= 0.6 is 0 Å². The normalized spacial score (nSPS) is 17.2. The lowest BCUT2D eigenvalue weighted by atomic mass is 10.1. The fourth-order valence-electron chi connectivity index (χ4n) is 2.26.